The highest BCUT2D eigenvalue weighted by molar-refractivity contribution is 5.83. The van der Waals surface area contributed by atoms with E-state index in [1.807, 2.05) is 31.2 Å². The number of rotatable bonds is 17. The minimum absolute atomic E-state index is 0.232. The Labute approximate surface area is 255 Å². The normalized spacial score (nSPS) is 23.1. The van der Waals surface area contributed by atoms with Gasteiger partial charge in [-0.1, -0.05) is 45.4 Å². The summed E-state index contributed by atoms with van der Waals surface area (Å²) in [6.07, 6.45) is 5.09. The average Bonchev–Trinajstić information content (AvgIpc) is 2.99. The number of allylic oxidation sites excluding steroid dienone is 1. The molecule has 0 aliphatic carbocycles. The summed E-state index contributed by atoms with van der Waals surface area (Å²) in [6.45, 7) is 9.85. The van der Waals surface area contributed by atoms with Crippen LogP contribution in [0.15, 0.2) is 48.1 Å². The first-order valence-corrected chi connectivity index (χ1v) is 14.6. The van der Waals surface area contributed by atoms with E-state index >= 15 is 0 Å². The van der Waals surface area contributed by atoms with Crippen molar-refractivity contribution in [3.63, 3.8) is 0 Å². The monoisotopic (exact) mass is 604 g/mol. The van der Waals surface area contributed by atoms with Crippen molar-refractivity contribution in [3.05, 3.63) is 53.6 Å². The van der Waals surface area contributed by atoms with Gasteiger partial charge in [0, 0.05) is 38.6 Å². The molecule has 1 aliphatic heterocycles. The number of hydrogen-bond acceptors (Lipinski definition) is 10. The van der Waals surface area contributed by atoms with Crippen molar-refractivity contribution < 1.29 is 47.5 Å². The number of aldehydes is 1. The fraction of sp³-hybridized carbons (Fsp3) is 0.606. The molecule has 5 atom stereocenters. The van der Waals surface area contributed by atoms with Crippen LogP contribution in [-0.2, 0) is 49.4 Å². The molecule has 1 heterocycles. The number of carbonyl (C=O) groups is 3. The van der Waals surface area contributed by atoms with Gasteiger partial charge < -0.3 is 33.2 Å². The van der Waals surface area contributed by atoms with Gasteiger partial charge in [-0.15, -0.1) is 0 Å². The first-order chi connectivity index (χ1) is 20.5. The van der Waals surface area contributed by atoms with Crippen LogP contribution in [0.3, 0.4) is 0 Å². The number of methoxy groups -OCH3 is 3. The van der Waals surface area contributed by atoms with Crippen LogP contribution in [0.2, 0.25) is 0 Å². The van der Waals surface area contributed by atoms with Gasteiger partial charge in [0.05, 0.1) is 39.1 Å². The van der Waals surface area contributed by atoms with E-state index in [1.165, 1.54) is 33.3 Å². The molecule has 0 aromatic heterocycles. The Hall–Kier alpha value is -3.05. The number of carbonyl (C=O) groups excluding carboxylic acids is 3. The topological polar surface area (TPSA) is 116 Å². The molecule has 0 bridgehead atoms. The van der Waals surface area contributed by atoms with Crippen molar-refractivity contribution >= 4 is 18.2 Å². The summed E-state index contributed by atoms with van der Waals surface area (Å²) in [5.41, 5.74) is 0.421. The quantitative estimate of drug-likeness (QED) is 0.103. The first kappa shape index (κ1) is 36.1. The molecular weight excluding hydrogens is 556 g/mol. The molecule has 10 nitrogen and oxygen atoms in total. The van der Waals surface area contributed by atoms with Crippen molar-refractivity contribution in [2.75, 3.05) is 27.9 Å². The van der Waals surface area contributed by atoms with Crippen LogP contribution in [0.1, 0.15) is 65.9 Å². The molecule has 1 aromatic carbocycles. The van der Waals surface area contributed by atoms with Gasteiger partial charge in [0.25, 0.3) is 0 Å². The molecule has 10 heteroatoms. The number of hydrogen-bond donors (Lipinski definition) is 0. The van der Waals surface area contributed by atoms with Gasteiger partial charge in [-0.2, -0.15) is 0 Å². The number of benzene rings is 1. The van der Waals surface area contributed by atoms with E-state index in [2.05, 4.69) is 6.92 Å². The second-order valence-electron chi connectivity index (χ2n) is 11.1. The number of ether oxygens (including phenoxy) is 7. The second-order valence-corrected chi connectivity index (χ2v) is 11.1. The maximum atomic E-state index is 12.5. The Balaban J connectivity index is 2.52. The van der Waals surface area contributed by atoms with Crippen molar-refractivity contribution in [3.8, 4) is 5.75 Å². The second kappa shape index (κ2) is 17.3. The van der Waals surface area contributed by atoms with E-state index in [9.17, 15) is 14.4 Å². The van der Waals surface area contributed by atoms with Crippen LogP contribution >= 0.6 is 0 Å². The van der Waals surface area contributed by atoms with Gasteiger partial charge >= 0.3 is 11.9 Å². The molecule has 0 N–H and O–H groups in total. The van der Waals surface area contributed by atoms with Gasteiger partial charge in [0.2, 0.25) is 5.79 Å². The maximum Gasteiger partial charge on any atom is 0.330 e. The summed E-state index contributed by atoms with van der Waals surface area (Å²) >= 11 is 0. The molecule has 0 spiro atoms. The molecule has 1 aromatic rings. The molecule has 1 fully saturated rings. The Morgan fingerprint density at radius 2 is 1.84 bits per heavy atom. The summed E-state index contributed by atoms with van der Waals surface area (Å²) < 4.78 is 41.3. The first-order valence-electron chi connectivity index (χ1n) is 14.6. The standard InChI is InChI=1S/C33H48O10/c1-9-10-18-40-23(2)29(41-22-25-12-14-27(37-6)15-13-25)21-28-19-26(20-30(36)38-7)31(42-24(3)35)33(39-8,43-28)32(4,5)16-11-17-34/h11-17,20,23,28-29,31H,9-10,18-19,21-22H2,1-8H3/b16-11+,26-20+/t23-,28+,29-,31+,33-/m1/s1. The molecule has 0 saturated carbocycles. The lowest BCUT2D eigenvalue weighted by molar-refractivity contribution is -0.338. The molecule has 43 heavy (non-hydrogen) atoms. The third-order valence-corrected chi connectivity index (χ3v) is 7.59. The summed E-state index contributed by atoms with van der Waals surface area (Å²) in [4.78, 5) is 36.1. The summed E-state index contributed by atoms with van der Waals surface area (Å²) in [7, 11) is 4.33. The molecule has 0 amide bonds. The predicted octanol–water partition coefficient (Wildman–Crippen LogP) is 5.12. The molecule has 240 valence electrons. The highest BCUT2D eigenvalue weighted by Gasteiger charge is 2.59. The van der Waals surface area contributed by atoms with E-state index in [0.29, 0.717) is 31.5 Å². The highest BCUT2D eigenvalue weighted by Crippen LogP contribution is 2.48. The van der Waals surface area contributed by atoms with Crippen molar-refractivity contribution in [2.24, 2.45) is 5.41 Å². The van der Waals surface area contributed by atoms with Crippen LogP contribution in [-0.4, -0.2) is 76.4 Å². The Morgan fingerprint density at radius 1 is 1.14 bits per heavy atom. The molecule has 2 rings (SSSR count). The molecule has 0 unspecified atom stereocenters. The van der Waals surface area contributed by atoms with Gasteiger partial charge in [-0.3, -0.25) is 9.59 Å². The lowest BCUT2D eigenvalue weighted by atomic mass is 9.74. The lowest BCUT2D eigenvalue weighted by Gasteiger charge is -2.53. The van der Waals surface area contributed by atoms with Crippen molar-refractivity contribution in [1.82, 2.24) is 0 Å². The van der Waals surface area contributed by atoms with Crippen LogP contribution < -0.4 is 4.74 Å². The summed E-state index contributed by atoms with van der Waals surface area (Å²) in [6, 6.07) is 7.63. The third-order valence-electron chi connectivity index (χ3n) is 7.59. The minimum Gasteiger partial charge on any atom is -0.497 e. The Bertz CT molecular complexity index is 1090. The van der Waals surface area contributed by atoms with Crippen molar-refractivity contribution in [2.45, 2.75) is 97.1 Å². The van der Waals surface area contributed by atoms with Gasteiger partial charge in [0.15, 0.2) is 6.10 Å². The molecule has 1 aliphatic rings. The smallest absolute Gasteiger partial charge is 0.330 e. The minimum atomic E-state index is -1.60. The van der Waals surface area contributed by atoms with E-state index in [1.54, 1.807) is 27.0 Å². The fourth-order valence-electron chi connectivity index (χ4n) is 5.16. The van der Waals surface area contributed by atoms with Crippen LogP contribution in [0, 0.1) is 5.41 Å². The molecular formula is C33H48O10. The zero-order chi connectivity index (χ0) is 32.0. The van der Waals surface area contributed by atoms with E-state index in [0.717, 1.165) is 24.2 Å². The Morgan fingerprint density at radius 3 is 2.40 bits per heavy atom. The predicted molar refractivity (Wildman–Crippen MR) is 160 cm³/mol. The number of unbranched alkanes of at least 4 members (excludes halogenated alkanes) is 1. The zero-order valence-corrected chi connectivity index (χ0v) is 26.8. The largest absolute Gasteiger partial charge is 0.497 e. The fourth-order valence-corrected chi connectivity index (χ4v) is 5.16. The summed E-state index contributed by atoms with van der Waals surface area (Å²) in [5.74, 6) is -2.05. The van der Waals surface area contributed by atoms with Gasteiger partial charge in [0.1, 0.15) is 12.0 Å². The third kappa shape index (κ3) is 9.99. The zero-order valence-electron chi connectivity index (χ0n) is 26.8. The SMILES string of the molecule is CCCCO[C@H](C)[C@@H](C[C@@H]1C/C(=C\C(=O)OC)[C@H](OC(C)=O)[C@](OC)(C(C)(C)/C=C/C=O)O1)OCc1ccc(OC)cc1. The van der Waals surface area contributed by atoms with Gasteiger partial charge in [-0.25, -0.2) is 4.79 Å². The van der Waals surface area contributed by atoms with E-state index in [-0.39, 0.29) is 12.5 Å². The Kier molecular flexibility index (Phi) is 14.5. The van der Waals surface area contributed by atoms with E-state index < -0.39 is 41.5 Å². The highest BCUT2D eigenvalue weighted by atomic mass is 16.7. The molecule has 0 radical (unpaired) electrons. The summed E-state index contributed by atoms with van der Waals surface area (Å²) in [5, 5.41) is 0. The van der Waals surface area contributed by atoms with E-state index in [4.69, 9.17) is 33.2 Å². The van der Waals surface area contributed by atoms with Crippen LogP contribution in [0.25, 0.3) is 0 Å². The molecule has 1 saturated heterocycles. The van der Waals surface area contributed by atoms with Gasteiger partial charge in [-0.05, 0) is 49.1 Å². The maximum absolute atomic E-state index is 12.5. The van der Waals surface area contributed by atoms with Crippen LogP contribution in [0.4, 0.5) is 0 Å². The van der Waals surface area contributed by atoms with Crippen LogP contribution in [0.5, 0.6) is 5.75 Å². The average molecular weight is 605 g/mol. The lowest BCUT2D eigenvalue weighted by Crippen LogP contribution is -2.63. The van der Waals surface area contributed by atoms with Crippen molar-refractivity contribution in [1.29, 1.82) is 0 Å². The number of esters is 2.